The molecule has 0 bridgehead atoms. The molecule has 17 heavy (non-hydrogen) atoms. The predicted molar refractivity (Wildman–Crippen MR) is 65.5 cm³/mol. The summed E-state index contributed by atoms with van der Waals surface area (Å²) < 4.78 is 0. The first kappa shape index (κ1) is 11.6. The summed E-state index contributed by atoms with van der Waals surface area (Å²) in [7, 11) is 0. The monoisotopic (exact) mass is 232 g/mol. The van der Waals surface area contributed by atoms with Crippen molar-refractivity contribution in [3.63, 3.8) is 0 Å². The summed E-state index contributed by atoms with van der Waals surface area (Å²) in [5.41, 5.74) is 0.797. The van der Waals surface area contributed by atoms with Crippen LogP contribution >= 0.6 is 0 Å². The minimum Gasteiger partial charge on any atom is -0.342 e. The van der Waals surface area contributed by atoms with Crippen molar-refractivity contribution in [2.75, 3.05) is 18.4 Å². The number of hydrogen-bond acceptors (Lipinski definition) is 2. The molecule has 4 heteroatoms. The number of carbonyl (C=O) groups is 2. The zero-order valence-electron chi connectivity index (χ0n) is 9.69. The summed E-state index contributed by atoms with van der Waals surface area (Å²) in [5, 5.41) is 2.80. The van der Waals surface area contributed by atoms with E-state index in [1.54, 1.807) is 4.90 Å². The van der Waals surface area contributed by atoms with Gasteiger partial charge in [-0.25, -0.2) is 0 Å². The number of carbonyl (C=O) groups excluding carboxylic acids is 2. The van der Waals surface area contributed by atoms with Crippen LogP contribution < -0.4 is 5.32 Å². The van der Waals surface area contributed by atoms with Crippen LogP contribution in [0, 0.1) is 0 Å². The summed E-state index contributed by atoms with van der Waals surface area (Å²) in [4.78, 5) is 24.7. The Kier molecular flexibility index (Phi) is 3.75. The van der Waals surface area contributed by atoms with Crippen LogP contribution in [0.4, 0.5) is 5.69 Å². The highest BCUT2D eigenvalue weighted by Crippen LogP contribution is 2.10. The van der Waals surface area contributed by atoms with E-state index < -0.39 is 0 Å². The summed E-state index contributed by atoms with van der Waals surface area (Å²) in [6, 6.07) is 9.34. The minimum atomic E-state index is -0.0455. The first-order chi connectivity index (χ1) is 8.25. The van der Waals surface area contributed by atoms with E-state index in [0.717, 1.165) is 18.7 Å². The maximum Gasteiger partial charge on any atom is 0.226 e. The van der Waals surface area contributed by atoms with Gasteiger partial charge in [-0.2, -0.15) is 0 Å². The van der Waals surface area contributed by atoms with Crippen LogP contribution in [0.3, 0.4) is 0 Å². The predicted octanol–water partition coefficient (Wildman–Crippen LogP) is 1.64. The Labute approximate surface area is 101 Å². The van der Waals surface area contributed by atoms with Crippen molar-refractivity contribution in [2.24, 2.45) is 0 Å². The fourth-order valence-electron chi connectivity index (χ4n) is 1.92. The summed E-state index contributed by atoms with van der Waals surface area (Å²) in [6.45, 7) is 1.31. The van der Waals surface area contributed by atoms with Crippen LogP contribution in [0.25, 0.3) is 0 Å². The standard InChI is InChI=1S/C13H16N2O2/c16-12(14-11-5-2-1-3-6-11)8-10-15-9-4-7-13(15)17/h1-3,5-6H,4,7-10H2,(H,14,16). The summed E-state index contributed by atoms with van der Waals surface area (Å²) in [6.07, 6.45) is 1.90. The number of nitrogens with zero attached hydrogens (tertiary/aromatic N) is 1. The van der Waals surface area contributed by atoms with Crippen LogP contribution in [-0.2, 0) is 9.59 Å². The lowest BCUT2D eigenvalue weighted by atomic mass is 10.3. The van der Waals surface area contributed by atoms with Crippen molar-refractivity contribution in [1.82, 2.24) is 4.90 Å². The smallest absolute Gasteiger partial charge is 0.226 e. The third-order valence-electron chi connectivity index (χ3n) is 2.84. The molecule has 90 valence electrons. The van der Waals surface area contributed by atoms with E-state index in [1.165, 1.54) is 0 Å². The molecule has 1 heterocycles. The Morgan fingerprint density at radius 1 is 1.29 bits per heavy atom. The van der Waals surface area contributed by atoms with Gasteiger partial charge in [0.15, 0.2) is 0 Å². The highest BCUT2D eigenvalue weighted by Gasteiger charge is 2.20. The van der Waals surface area contributed by atoms with Gasteiger partial charge in [-0.1, -0.05) is 18.2 Å². The number of benzene rings is 1. The maximum atomic E-state index is 11.6. The normalized spacial score (nSPS) is 15.1. The van der Waals surface area contributed by atoms with Crippen molar-refractivity contribution in [1.29, 1.82) is 0 Å². The van der Waals surface area contributed by atoms with Crippen molar-refractivity contribution in [2.45, 2.75) is 19.3 Å². The molecule has 2 rings (SSSR count). The molecule has 0 radical (unpaired) electrons. The van der Waals surface area contributed by atoms with Crippen molar-refractivity contribution >= 4 is 17.5 Å². The van der Waals surface area contributed by atoms with E-state index in [0.29, 0.717) is 19.4 Å². The molecule has 1 aromatic carbocycles. The Morgan fingerprint density at radius 2 is 2.06 bits per heavy atom. The second-order valence-electron chi connectivity index (χ2n) is 4.15. The fraction of sp³-hybridized carbons (Fsp3) is 0.385. The van der Waals surface area contributed by atoms with Crippen LogP contribution in [0.2, 0.25) is 0 Å². The highest BCUT2D eigenvalue weighted by molar-refractivity contribution is 5.91. The average molecular weight is 232 g/mol. The number of likely N-dealkylation sites (tertiary alicyclic amines) is 1. The van der Waals surface area contributed by atoms with E-state index in [-0.39, 0.29) is 11.8 Å². The van der Waals surface area contributed by atoms with Crippen molar-refractivity contribution < 1.29 is 9.59 Å². The third-order valence-corrected chi connectivity index (χ3v) is 2.84. The average Bonchev–Trinajstić information content (AvgIpc) is 2.74. The number of para-hydroxylation sites is 1. The molecular weight excluding hydrogens is 216 g/mol. The fourth-order valence-corrected chi connectivity index (χ4v) is 1.92. The van der Waals surface area contributed by atoms with E-state index in [9.17, 15) is 9.59 Å². The van der Waals surface area contributed by atoms with Crippen LogP contribution in [0.1, 0.15) is 19.3 Å². The number of hydrogen-bond donors (Lipinski definition) is 1. The Balaban J connectivity index is 1.76. The minimum absolute atomic E-state index is 0.0455. The quantitative estimate of drug-likeness (QED) is 0.858. The molecule has 0 atom stereocenters. The second-order valence-corrected chi connectivity index (χ2v) is 4.15. The van der Waals surface area contributed by atoms with Gasteiger partial charge in [0.25, 0.3) is 0 Å². The van der Waals surface area contributed by atoms with E-state index in [1.807, 2.05) is 30.3 Å². The Morgan fingerprint density at radius 3 is 2.71 bits per heavy atom. The van der Waals surface area contributed by atoms with Crippen LogP contribution in [-0.4, -0.2) is 29.8 Å². The van der Waals surface area contributed by atoms with Gasteiger partial charge in [0, 0.05) is 31.6 Å². The van der Waals surface area contributed by atoms with Gasteiger partial charge >= 0.3 is 0 Å². The zero-order valence-corrected chi connectivity index (χ0v) is 9.69. The number of amides is 2. The molecule has 0 aliphatic carbocycles. The van der Waals surface area contributed by atoms with Crippen LogP contribution in [0.15, 0.2) is 30.3 Å². The Bertz CT molecular complexity index is 403. The molecule has 0 unspecified atom stereocenters. The third kappa shape index (κ3) is 3.31. The van der Waals surface area contributed by atoms with Crippen LogP contribution in [0.5, 0.6) is 0 Å². The van der Waals surface area contributed by atoms with E-state index in [4.69, 9.17) is 0 Å². The van der Waals surface area contributed by atoms with Gasteiger partial charge in [0.2, 0.25) is 11.8 Å². The molecular formula is C13H16N2O2. The molecule has 1 fully saturated rings. The zero-order chi connectivity index (χ0) is 12.1. The van der Waals surface area contributed by atoms with Crippen molar-refractivity contribution in [3.8, 4) is 0 Å². The molecule has 2 amide bonds. The van der Waals surface area contributed by atoms with Gasteiger partial charge in [0.05, 0.1) is 0 Å². The van der Waals surface area contributed by atoms with Gasteiger partial charge in [0.1, 0.15) is 0 Å². The lowest BCUT2D eigenvalue weighted by molar-refractivity contribution is -0.128. The molecule has 1 aliphatic rings. The largest absolute Gasteiger partial charge is 0.342 e. The molecule has 0 aromatic heterocycles. The van der Waals surface area contributed by atoms with Gasteiger partial charge in [-0.15, -0.1) is 0 Å². The number of nitrogens with one attached hydrogen (secondary N) is 1. The van der Waals surface area contributed by atoms with Gasteiger partial charge in [-0.3, -0.25) is 9.59 Å². The lowest BCUT2D eigenvalue weighted by Gasteiger charge is -2.14. The maximum absolute atomic E-state index is 11.6. The first-order valence-electron chi connectivity index (χ1n) is 5.88. The molecule has 1 aliphatic heterocycles. The summed E-state index contributed by atoms with van der Waals surface area (Å²) in [5.74, 6) is 0.119. The molecule has 1 N–H and O–H groups in total. The SMILES string of the molecule is O=C(CCN1CCCC1=O)Nc1ccccc1. The topological polar surface area (TPSA) is 49.4 Å². The number of anilines is 1. The molecule has 1 saturated heterocycles. The van der Waals surface area contributed by atoms with Crippen molar-refractivity contribution in [3.05, 3.63) is 30.3 Å². The Hall–Kier alpha value is -1.84. The first-order valence-corrected chi connectivity index (χ1v) is 5.88. The molecule has 1 aromatic rings. The molecule has 4 nitrogen and oxygen atoms in total. The van der Waals surface area contributed by atoms with Gasteiger partial charge in [-0.05, 0) is 18.6 Å². The number of rotatable bonds is 4. The second kappa shape index (κ2) is 5.48. The van der Waals surface area contributed by atoms with E-state index >= 15 is 0 Å². The van der Waals surface area contributed by atoms with E-state index in [2.05, 4.69) is 5.32 Å². The lowest BCUT2D eigenvalue weighted by Crippen LogP contribution is -2.28. The molecule has 0 saturated carbocycles. The molecule has 0 spiro atoms. The summed E-state index contributed by atoms with van der Waals surface area (Å²) >= 11 is 0. The highest BCUT2D eigenvalue weighted by atomic mass is 16.2. The van der Waals surface area contributed by atoms with Gasteiger partial charge < -0.3 is 10.2 Å².